The summed E-state index contributed by atoms with van der Waals surface area (Å²) in [4.78, 5) is 14.5. The highest BCUT2D eigenvalue weighted by Crippen LogP contribution is 2.40. The van der Waals surface area contributed by atoms with E-state index in [-0.39, 0.29) is 17.3 Å². The van der Waals surface area contributed by atoms with Crippen LogP contribution in [0.5, 0.6) is 5.75 Å². The van der Waals surface area contributed by atoms with Crippen molar-refractivity contribution in [1.82, 2.24) is 14.6 Å². The summed E-state index contributed by atoms with van der Waals surface area (Å²) in [7, 11) is 1.47. The monoisotopic (exact) mass is 455 g/mol. The first-order chi connectivity index (χ1) is 14.8. The minimum Gasteiger partial charge on any atom is -0.480 e. The molecule has 2 aliphatic rings. The number of halogens is 4. The number of pyridine rings is 1. The molecule has 0 amide bonds. The van der Waals surface area contributed by atoms with Crippen molar-refractivity contribution >= 4 is 17.4 Å². The fraction of sp³-hybridized carbons (Fsp3) is 0.526. The van der Waals surface area contributed by atoms with Crippen LogP contribution in [0.3, 0.4) is 0 Å². The Morgan fingerprint density at radius 1 is 1.23 bits per heavy atom. The Kier molecular flexibility index (Phi) is 6.12. The molecule has 2 fully saturated rings. The van der Waals surface area contributed by atoms with Gasteiger partial charge in [-0.05, 0) is 25.0 Å². The molecular formula is C19H21ClF3N7O. The van der Waals surface area contributed by atoms with Gasteiger partial charge in [0.2, 0.25) is 0 Å². The quantitative estimate of drug-likeness (QED) is 0.510. The maximum atomic E-state index is 12.5. The highest BCUT2D eigenvalue weighted by atomic mass is 35.5. The largest absolute Gasteiger partial charge is 0.480 e. The highest BCUT2D eigenvalue weighted by molar-refractivity contribution is 6.29. The molecule has 1 saturated heterocycles. The Morgan fingerprint density at radius 3 is 2.61 bits per heavy atom. The van der Waals surface area contributed by atoms with E-state index in [1.54, 1.807) is 18.3 Å². The van der Waals surface area contributed by atoms with Gasteiger partial charge in [0.1, 0.15) is 17.3 Å². The minimum absolute atomic E-state index is 0.000272. The number of rotatable bonds is 5. The van der Waals surface area contributed by atoms with Gasteiger partial charge in [-0.1, -0.05) is 16.8 Å². The van der Waals surface area contributed by atoms with Gasteiger partial charge < -0.3 is 9.64 Å². The molecule has 1 saturated carbocycles. The highest BCUT2D eigenvalue weighted by Gasteiger charge is 2.43. The first-order valence-electron chi connectivity index (χ1n) is 9.82. The Morgan fingerprint density at radius 2 is 1.97 bits per heavy atom. The van der Waals surface area contributed by atoms with Crippen LogP contribution in [0.2, 0.25) is 5.15 Å². The predicted molar refractivity (Wildman–Crippen MR) is 107 cm³/mol. The fourth-order valence-electron chi connectivity index (χ4n) is 4.21. The standard InChI is InChI=1S/C19H21ClF3N7O/c1-24-18-14(31-10-19(21,22)23)3-2-6-30(18)28-27-17-12-4-5-13(17)9-29(8-12)16-7-15(20)25-11-26-16/h2-3,6-7,11-13,17H,4-5,8-10H2,1H3/t12-,13+,17?. The minimum atomic E-state index is -4.44. The zero-order chi connectivity index (χ0) is 22.0. The zero-order valence-electron chi connectivity index (χ0n) is 16.7. The molecule has 31 heavy (non-hydrogen) atoms. The summed E-state index contributed by atoms with van der Waals surface area (Å²) >= 11 is 5.99. The summed E-state index contributed by atoms with van der Waals surface area (Å²) in [6, 6.07) is 4.75. The summed E-state index contributed by atoms with van der Waals surface area (Å²) in [5, 5.41) is 9.23. The number of hydrogen-bond acceptors (Lipinski definition) is 7. The van der Waals surface area contributed by atoms with E-state index in [9.17, 15) is 13.2 Å². The Hall–Kier alpha value is -2.69. The molecule has 0 N–H and O–H groups in total. The zero-order valence-corrected chi connectivity index (χ0v) is 17.5. The fourth-order valence-corrected chi connectivity index (χ4v) is 4.35. The van der Waals surface area contributed by atoms with Crippen LogP contribution >= 0.6 is 11.6 Å². The van der Waals surface area contributed by atoms with Gasteiger partial charge in [0.05, 0.1) is 6.04 Å². The average molecular weight is 456 g/mol. The summed E-state index contributed by atoms with van der Waals surface area (Å²) in [6.07, 6.45) is 0.647. The Balaban J connectivity index is 1.50. The van der Waals surface area contributed by atoms with Gasteiger partial charge in [0.15, 0.2) is 17.8 Å². The first kappa shape index (κ1) is 21.5. The van der Waals surface area contributed by atoms with Crippen LogP contribution in [-0.4, -0.2) is 53.6 Å². The van der Waals surface area contributed by atoms with Gasteiger partial charge in [-0.15, -0.1) is 0 Å². The molecule has 1 aliphatic carbocycles. The van der Waals surface area contributed by atoms with Crippen molar-refractivity contribution in [1.29, 1.82) is 0 Å². The summed E-state index contributed by atoms with van der Waals surface area (Å²) in [5.41, 5.74) is 0.177. The van der Waals surface area contributed by atoms with E-state index in [1.807, 2.05) is 0 Å². The maximum Gasteiger partial charge on any atom is 0.422 e. The summed E-state index contributed by atoms with van der Waals surface area (Å²) in [6.45, 7) is 0.155. The molecule has 2 bridgehead atoms. The van der Waals surface area contributed by atoms with E-state index < -0.39 is 12.8 Å². The number of fused-ring (bicyclic) bond motifs is 2. The van der Waals surface area contributed by atoms with Gasteiger partial charge in [0.25, 0.3) is 0 Å². The smallest absolute Gasteiger partial charge is 0.422 e. The maximum absolute atomic E-state index is 12.5. The van der Waals surface area contributed by atoms with E-state index in [1.165, 1.54) is 24.1 Å². The number of hydrogen-bond donors (Lipinski definition) is 0. The Labute approximate surface area is 181 Å². The molecule has 3 atom stereocenters. The van der Waals surface area contributed by atoms with Crippen molar-refractivity contribution in [2.75, 3.05) is 31.6 Å². The van der Waals surface area contributed by atoms with Crippen molar-refractivity contribution in [3.05, 3.63) is 41.4 Å². The topological polar surface area (TPSA) is 80.3 Å². The lowest BCUT2D eigenvalue weighted by Crippen LogP contribution is -2.44. The number of alkyl halides is 3. The molecule has 4 rings (SSSR count). The van der Waals surface area contributed by atoms with Crippen molar-refractivity contribution in [3.8, 4) is 5.75 Å². The van der Waals surface area contributed by atoms with Gasteiger partial charge >= 0.3 is 6.18 Å². The molecule has 0 aromatic carbocycles. The SMILES string of the molecule is CN=c1c(OCC(F)(F)F)cccn1N=NC1[C@@H]2CC[C@H]1CN(c1cc(Cl)ncn1)C2. The summed E-state index contributed by atoms with van der Waals surface area (Å²) in [5.74, 6) is 1.38. The van der Waals surface area contributed by atoms with Crippen LogP contribution in [0, 0.1) is 11.8 Å². The van der Waals surface area contributed by atoms with Gasteiger partial charge in [0, 0.05) is 44.2 Å². The normalized spacial score (nSPS) is 24.2. The van der Waals surface area contributed by atoms with Crippen LogP contribution < -0.4 is 15.1 Å². The van der Waals surface area contributed by atoms with E-state index in [2.05, 4.69) is 30.2 Å². The molecular weight excluding hydrogens is 435 g/mol. The van der Waals surface area contributed by atoms with Crippen molar-refractivity contribution in [2.45, 2.75) is 25.1 Å². The average Bonchev–Trinajstić information content (AvgIpc) is 2.96. The van der Waals surface area contributed by atoms with E-state index in [0.29, 0.717) is 17.0 Å². The molecule has 166 valence electrons. The Bertz CT molecular complexity index is 1010. The third kappa shape index (κ3) is 4.97. The molecule has 3 heterocycles. The van der Waals surface area contributed by atoms with Crippen molar-refractivity contribution in [2.24, 2.45) is 27.2 Å². The van der Waals surface area contributed by atoms with Gasteiger partial charge in [-0.25, -0.2) is 14.6 Å². The molecule has 1 aliphatic heterocycles. The van der Waals surface area contributed by atoms with E-state index >= 15 is 0 Å². The van der Waals surface area contributed by atoms with Gasteiger partial charge in [-0.3, -0.25) is 4.99 Å². The second kappa shape index (κ2) is 8.81. The van der Waals surface area contributed by atoms with Crippen LogP contribution in [0.15, 0.2) is 46.1 Å². The second-order valence-electron chi connectivity index (χ2n) is 7.57. The van der Waals surface area contributed by atoms with Crippen LogP contribution in [-0.2, 0) is 0 Å². The van der Waals surface area contributed by atoms with E-state index in [0.717, 1.165) is 31.7 Å². The van der Waals surface area contributed by atoms with Crippen LogP contribution in [0.1, 0.15) is 12.8 Å². The molecule has 0 radical (unpaired) electrons. The number of aromatic nitrogens is 3. The molecule has 12 heteroatoms. The number of nitrogens with zero attached hydrogens (tertiary/aromatic N) is 7. The molecule has 1 unspecified atom stereocenters. The lowest BCUT2D eigenvalue weighted by Gasteiger charge is -2.36. The number of anilines is 1. The molecule has 0 spiro atoms. The lowest BCUT2D eigenvalue weighted by atomic mass is 9.93. The first-order valence-corrected chi connectivity index (χ1v) is 10.2. The summed E-state index contributed by atoms with van der Waals surface area (Å²) < 4.78 is 43.8. The van der Waals surface area contributed by atoms with Gasteiger partial charge in [-0.2, -0.15) is 18.3 Å². The molecule has 2 aromatic rings. The van der Waals surface area contributed by atoms with E-state index in [4.69, 9.17) is 16.3 Å². The van der Waals surface area contributed by atoms with Crippen molar-refractivity contribution < 1.29 is 17.9 Å². The third-order valence-electron chi connectivity index (χ3n) is 5.52. The number of piperidine rings is 1. The third-order valence-corrected chi connectivity index (χ3v) is 5.73. The molecule has 2 aromatic heterocycles. The predicted octanol–water partition coefficient (Wildman–Crippen LogP) is 3.53. The molecule has 8 nitrogen and oxygen atoms in total. The van der Waals surface area contributed by atoms with Crippen LogP contribution in [0.4, 0.5) is 19.0 Å². The van der Waals surface area contributed by atoms with Crippen molar-refractivity contribution in [3.63, 3.8) is 0 Å². The number of ether oxygens (including phenoxy) is 1. The van der Waals surface area contributed by atoms with Crippen LogP contribution in [0.25, 0.3) is 0 Å². The lowest BCUT2D eigenvalue weighted by molar-refractivity contribution is -0.153. The second-order valence-corrected chi connectivity index (χ2v) is 7.95.